The second-order valence-corrected chi connectivity index (χ2v) is 11.5. The van der Waals surface area contributed by atoms with Crippen LogP contribution in [0.2, 0.25) is 0 Å². The first kappa shape index (κ1) is 30.0. The Hall–Kier alpha value is -2.58. The normalized spacial score (nSPS) is 15.9. The van der Waals surface area contributed by atoms with E-state index in [4.69, 9.17) is 14.5 Å². The highest BCUT2D eigenvalue weighted by Gasteiger charge is 2.39. The molecule has 3 rings (SSSR count). The number of rotatable bonds is 14. The minimum absolute atomic E-state index is 0.0518. The van der Waals surface area contributed by atoms with E-state index in [1.54, 1.807) is 12.4 Å². The number of ether oxygens (including phenoxy) is 2. The summed E-state index contributed by atoms with van der Waals surface area (Å²) in [6.07, 6.45) is 7.76. The van der Waals surface area contributed by atoms with E-state index < -0.39 is 17.2 Å². The van der Waals surface area contributed by atoms with Gasteiger partial charge >= 0.3 is 5.97 Å². The van der Waals surface area contributed by atoms with Crippen molar-refractivity contribution in [3.8, 4) is 0 Å². The zero-order valence-corrected chi connectivity index (χ0v) is 23.8. The molecule has 38 heavy (non-hydrogen) atoms. The SMILES string of the molecule is COCC(F)CN(CCCCc1ccc2c(n1)NCCC2)CCC(C)(C(=O)OC(C)(C)C)c1ccncc1. The maximum absolute atomic E-state index is 14.6. The Morgan fingerprint density at radius 1 is 1.13 bits per heavy atom. The van der Waals surface area contributed by atoms with Crippen LogP contribution in [-0.4, -0.2) is 72.5 Å². The lowest BCUT2D eigenvalue weighted by atomic mass is 9.79. The second-order valence-electron chi connectivity index (χ2n) is 11.5. The summed E-state index contributed by atoms with van der Waals surface area (Å²) in [6, 6.07) is 8.03. The number of halogens is 1. The highest BCUT2D eigenvalue weighted by atomic mass is 19.1. The zero-order valence-electron chi connectivity index (χ0n) is 23.8. The van der Waals surface area contributed by atoms with Gasteiger partial charge in [0, 0.05) is 38.3 Å². The molecular formula is C30H45FN4O3. The number of carbonyl (C=O) groups excluding carboxylic acids is 1. The maximum Gasteiger partial charge on any atom is 0.316 e. The fourth-order valence-electron chi connectivity index (χ4n) is 4.81. The number of aromatic nitrogens is 2. The fraction of sp³-hybridized carbons (Fsp3) is 0.633. The van der Waals surface area contributed by atoms with Crippen molar-refractivity contribution in [1.82, 2.24) is 14.9 Å². The van der Waals surface area contributed by atoms with Crippen molar-refractivity contribution in [3.05, 3.63) is 53.5 Å². The van der Waals surface area contributed by atoms with Gasteiger partial charge in [-0.25, -0.2) is 9.37 Å². The molecule has 0 bridgehead atoms. The van der Waals surface area contributed by atoms with E-state index >= 15 is 0 Å². The quantitative estimate of drug-likeness (QED) is 0.269. The first-order valence-electron chi connectivity index (χ1n) is 13.8. The summed E-state index contributed by atoms with van der Waals surface area (Å²) in [5.41, 5.74) is 1.75. The van der Waals surface area contributed by atoms with Crippen molar-refractivity contribution in [2.24, 2.45) is 0 Å². The standard InChI is InChI=1S/C30H45FN4O3/c1-29(2,3)38-28(36)30(4,24-13-17-32-18-14-24)15-20-35(21-25(31)22-37-5)19-7-6-10-26-12-11-23-9-8-16-33-27(23)34-26/h11-14,17-18,25H,6-10,15-16,19-22H2,1-5H3,(H,33,34). The molecule has 2 unspecified atom stereocenters. The molecule has 2 aromatic heterocycles. The van der Waals surface area contributed by atoms with Gasteiger partial charge in [-0.3, -0.25) is 9.78 Å². The van der Waals surface area contributed by atoms with E-state index in [-0.39, 0.29) is 19.1 Å². The molecule has 8 heteroatoms. The van der Waals surface area contributed by atoms with Crippen molar-refractivity contribution in [1.29, 1.82) is 0 Å². The van der Waals surface area contributed by atoms with E-state index in [1.807, 2.05) is 39.8 Å². The number of pyridine rings is 2. The maximum atomic E-state index is 14.6. The average Bonchev–Trinajstić information content (AvgIpc) is 2.89. The Balaban J connectivity index is 1.64. The predicted octanol–water partition coefficient (Wildman–Crippen LogP) is 5.13. The molecule has 210 valence electrons. The number of carbonyl (C=O) groups is 1. The molecule has 0 radical (unpaired) electrons. The van der Waals surface area contributed by atoms with Gasteiger partial charge in [0.2, 0.25) is 0 Å². The van der Waals surface area contributed by atoms with Gasteiger partial charge in [-0.1, -0.05) is 6.07 Å². The van der Waals surface area contributed by atoms with E-state index in [1.165, 1.54) is 12.7 Å². The van der Waals surface area contributed by atoms with E-state index in [0.717, 1.165) is 62.3 Å². The predicted molar refractivity (Wildman–Crippen MR) is 149 cm³/mol. The summed E-state index contributed by atoms with van der Waals surface area (Å²) in [7, 11) is 1.51. The minimum atomic E-state index is -1.10. The number of alkyl halides is 1. The molecule has 1 aliphatic rings. The van der Waals surface area contributed by atoms with Crippen LogP contribution in [0.3, 0.4) is 0 Å². The molecule has 0 spiro atoms. The molecule has 1 N–H and O–H groups in total. The summed E-state index contributed by atoms with van der Waals surface area (Å²) >= 11 is 0. The number of nitrogens with zero attached hydrogens (tertiary/aromatic N) is 3. The molecule has 2 aromatic rings. The minimum Gasteiger partial charge on any atom is -0.459 e. The number of anilines is 1. The van der Waals surface area contributed by atoms with Crippen molar-refractivity contribution in [3.63, 3.8) is 0 Å². The average molecular weight is 529 g/mol. The molecule has 3 heterocycles. The number of nitrogens with one attached hydrogen (secondary N) is 1. The largest absolute Gasteiger partial charge is 0.459 e. The first-order valence-corrected chi connectivity index (χ1v) is 13.8. The van der Waals surface area contributed by atoms with Crippen LogP contribution in [0, 0.1) is 0 Å². The Kier molecular flexibility index (Phi) is 11.0. The van der Waals surface area contributed by atoms with Gasteiger partial charge in [0.1, 0.15) is 17.6 Å². The van der Waals surface area contributed by atoms with Crippen LogP contribution in [0.1, 0.15) is 70.2 Å². The van der Waals surface area contributed by atoms with E-state index in [0.29, 0.717) is 13.0 Å². The number of unbranched alkanes of at least 4 members (excludes halogenated alkanes) is 1. The molecule has 0 saturated carbocycles. The molecule has 2 atom stereocenters. The fourth-order valence-corrected chi connectivity index (χ4v) is 4.81. The Bertz CT molecular complexity index is 1010. The number of hydrogen-bond acceptors (Lipinski definition) is 7. The lowest BCUT2D eigenvalue weighted by Crippen LogP contribution is -2.43. The highest BCUT2D eigenvalue weighted by Crippen LogP contribution is 2.31. The number of hydrogen-bond donors (Lipinski definition) is 1. The number of fused-ring (bicyclic) bond motifs is 1. The monoisotopic (exact) mass is 528 g/mol. The molecule has 0 fully saturated rings. The highest BCUT2D eigenvalue weighted by molar-refractivity contribution is 5.83. The van der Waals surface area contributed by atoms with Crippen molar-refractivity contribution in [2.45, 2.75) is 83.4 Å². The third-order valence-electron chi connectivity index (χ3n) is 7.01. The summed E-state index contributed by atoms with van der Waals surface area (Å²) in [6.45, 7) is 10.1. The third-order valence-corrected chi connectivity index (χ3v) is 7.01. The van der Waals surface area contributed by atoms with Gasteiger partial charge in [-0.2, -0.15) is 0 Å². The molecule has 0 aliphatic carbocycles. The third kappa shape index (κ3) is 9.02. The van der Waals surface area contributed by atoms with Crippen LogP contribution in [-0.2, 0) is 32.5 Å². The van der Waals surface area contributed by atoms with Crippen LogP contribution in [0.25, 0.3) is 0 Å². The summed E-state index contributed by atoms with van der Waals surface area (Å²) in [5.74, 6) is 0.740. The topological polar surface area (TPSA) is 76.6 Å². The number of aryl methyl sites for hydroxylation is 2. The van der Waals surface area contributed by atoms with E-state index in [2.05, 4.69) is 27.3 Å². The van der Waals surface area contributed by atoms with Crippen LogP contribution in [0.5, 0.6) is 0 Å². The molecular weight excluding hydrogens is 483 g/mol. The summed E-state index contributed by atoms with van der Waals surface area (Å²) in [5, 5.41) is 3.40. The van der Waals surface area contributed by atoms with Gasteiger partial charge in [0.15, 0.2) is 0 Å². The van der Waals surface area contributed by atoms with Crippen molar-refractivity contribution < 1.29 is 18.7 Å². The van der Waals surface area contributed by atoms with Gasteiger partial charge in [-0.15, -0.1) is 0 Å². The zero-order chi connectivity index (χ0) is 27.6. The Morgan fingerprint density at radius 2 is 1.89 bits per heavy atom. The molecule has 0 saturated heterocycles. The lowest BCUT2D eigenvalue weighted by Gasteiger charge is -2.34. The number of methoxy groups -OCH3 is 1. The molecule has 0 aromatic carbocycles. The number of esters is 1. The summed E-state index contributed by atoms with van der Waals surface area (Å²) in [4.78, 5) is 24.4. The van der Waals surface area contributed by atoms with Gasteiger partial charge in [0.25, 0.3) is 0 Å². The van der Waals surface area contributed by atoms with Crippen molar-refractivity contribution >= 4 is 11.8 Å². The van der Waals surface area contributed by atoms with Crippen LogP contribution < -0.4 is 5.32 Å². The van der Waals surface area contributed by atoms with Gasteiger partial charge in [-0.05, 0) is 109 Å². The molecule has 7 nitrogen and oxygen atoms in total. The van der Waals surface area contributed by atoms with Crippen LogP contribution in [0.15, 0.2) is 36.7 Å². The second kappa shape index (κ2) is 14.0. The van der Waals surface area contributed by atoms with Gasteiger partial charge in [0.05, 0.1) is 12.0 Å². The Labute approximate surface area is 227 Å². The molecule has 1 aliphatic heterocycles. The van der Waals surface area contributed by atoms with Gasteiger partial charge < -0.3 is 19.7 Å². The van der Waals surface area contributed by atoms with Crippen LogP contribution >= 0.6 is 0 Å². The molecule has 0 amide bonds. The lowest BCUT2D eigenvalue weighted by molar-refractivity contribution is -0.162. The summed E-state index contributed by atoms with van der Waals surface area (Å²) < 4.78 is 25.5. The van der Waals surface area contributed by atoms with Crippen molar-refractivity contribution in [2.75, 3.05) is 45.2 Å². The smallest absolute Gasteiger partial charge is 0.316 e. The first-order chi connectivity index (χ1) is 18.1. The van der Waals surface area contributed by atoms with E-state index in [9.17, 15) is 9.18 Å². The Morgan fingerprint density at radius 3 is 2.61 bits per heavy atom. The van der Waals surface area contributed by atoms with Crippen LogP contribution in [0.4, 0.5) is 10.2 Å².